The average Bonchev–Trinajstić information content (AvgIpc) is 2.91. The Morgan fingerprint density at radius 2 is 1.85 bits per heavy atom. The zero-order chi connectivity index (χ0) is 18.3. The van der Waals surface area contributed by atoms with Crippen molar-refractivity contribution in [3.8, 4) is 0 Å². The van der Waals surface area contributed by atoms with Crippen LogP contribution in [0, 0.1) is 5.82 Å². The maximum Gasteiger partial charge on any atom is 0.264 e. The first kappa shape index (κ1) is 16.4. The predicted octanol–water partition coefficient (Wildman–Crippen LogP) is 2.79. The van der Waals surface area contributed by atoms with Crippen LogP contribution in [0.5, 0.6) is 0 Å². The van der Waals surface area contributed by atoms with Gasteiger partial charge >= 0.3 is 0 Å². The highest BCUT2D eigenvalue weighted by Crippen LogP contribution is 2.28. The van der Waals surface area contributed by atoms with Gasteiger partial charge in [0.15, 0.2) is 0 Å². The van der Waals surface area contributed by atoms with Gasteiger partial charge in [0, 0.05) is 25.2 Å². The van der Waals surface area contributed by atoms with Crippen LogP contribution in [-0.2, 0) is 11.2 Å². The van der Waals surface area contributed by atoms with E-state index in [1.54, 1.807) is 4.90 Å². The number of nitrogens with zero attached hydrogens (tertiary/aromatic N) is 2. The molecule has 0 unspecified atom stereocenters. The molecule has 2 aliphatic rings. The van der Waals surface area contributed by atoms with Crippen LogP contribution in [0.25, 0.3) is 0 Å². The quantitative estimate of drug-likeness (QED) is 0.798. The van der Waals surface area contributed by atoms with E-state index in [4.69, 9.17) is 0 Å². The summed E-state index contributed by atoms with van der Waals surface area (Å²) in [6.07, 6.45) is 1.82. The Morgan fingerprint density at radius 1 is 1.04 bits per heavy atom. The van der Waals surface area contributed by atoms with Crippen LogP contribution in [0.2, 0.25) is 0 Å². The molecule has 2 aliphatic heterocycles. The topological polar surface area (TPSA) is 57.7 Å². The number of carbonyl (C=O) groups excluding carboxylic acids is 3. The molecule has 6 heteroatoms. The maximum atomic E-state index is 13.9. The number of amides is 3. The second-order valence-corrected chi connectivity index (χ2v) is 6.45. The summed E-state index contributed by atoms with van der Waals surface area (Å²) in [5, 5.41) is 0. The summed E-state index contributed by atoms with van der Waals surface area (Å²) < 4.78 is 13.9. The molecule has 0 saturated carbocycles. The maximum absolute atomic E-state index is 13.9. The number of hydrogen-bond acceptors (Lipinski definition) is 3. The van der Waals surface area contributed by atoms with Crippen molar-refractivity contribution in [1.82, 2.24) is 4.90 Å². The molecular weight excluding hydrogens is 335 g/mol. The molecule has 2 aromatic rings. The van der Waals surface area contributed by atoms with E-state index in [2.05, 4.69) is 0 Å². The third kappa shape index (κ3) is 2.58. The molecular formula is C20H17FN2O3. The minimum atomic E-state index is -0.709. The molecule has 0 radical (unpaired) electrons. The monoisotopic (exact) mass is 352 g/mol. The van der Waals surface area contributed by atoms with Crippen molar-refractivity contribution in [1.29, 1.82) is 0 Å². The summed E-state index contributed by atoms with van der Waals surface area (Å²) in [6.45, 7) is 0.565. The molecule has 0 fully saturated rings. The van der Waals surface area contributed by atoms with Gasteiger partial charge in [-0.05, 0) is 36.6 Å². The predicted molar refractivity (Wildman–Crippen MR) is 93.5 cm³/mol. The van der Waals surface area contributed by atoms with Crippen LogP contribution in [-0.4, -0.2) is 35.7 Å². The summed E-state index contributed by atoms with van der Waals surface area (Å²) in [7, 11) is 0. The van der Waals surface area contributed by atoms with Crippen molar-refractivity contribution in [2.45, 2.75) is 19.3 Å². The first-order valence-electron chi connectivity index (χ1n) is 8.61. The molecule has 2 heterocycles. The molecule has 0 spiro atoms. The van der Waals surface area contributed by atoms with E-state index >= 15 is 0 Å². The number of carbonyl (C=O) groups is 3. The zero-order valence-corrected chi connectivity index (χ0v) is 14.1. The Balaban J connectivity index is 1.49. The van der Waals surface area contributed by atoms with Crippen molar-refractivity contribution in [2.75, 3.05) is 18.0 Å². The van der Waals surface area contributed by atoms with Gasteiger partial charge in [-0.3, -0.25) is 19.3 Å². The second kappa shape index (κ2) is 6.37. The lowest BCUT2D eigenvalue weighted by Gasteiger charge is -2.30. The summed E-state index contributed by atoms with van der Waals surface area (Å²) in [5.41, 5.74) is 1.87. The molecule has 0 bridgehead atoms. The molecule has 2 aromatic carbocycles. The van der Waals surface area contributed by atoms with Crippen molar-refractivity contribution < 1.29 is 18.8 Å². The van der Waals surface area contributed by atoms with Crippen LogP contribution in [0.4, 0.5) is 10.1 Å². The second-order valence-electron chi connectivity index (χ2n) is 6.45. The highest BCUT2D eigenvalue weighted by atomic mass is 19.1. The van der Waals surface area contributed by atoms with E-state index in [-0.39, 0.29) is 30.0 Å². The van der Waals surface area contributed by atoms with Crippen LogP contribution in [0.3, 0.4) is 0 Å². The standard InChI is InChI=1S/C20H17FN2O3/c21-15-8-3-7-14-18(15)20(26)23(19(14)25)12-10-17(24)22-11-4-6-13-5-1-2-9-16(13)22/h1-3,5,7-9H,4,6,10-12H2. The van der Waals surface area contributed by atoms with Gasteiger partial charge in [0.1, 0.15) is 5.82 Å². The molecule has 0 saturated heterocycles. The number of rotatable bonds is 3. The molecule has 5 nitrogen and oxygen atoms in total. The fourth-order valence-electron chi connectivity index (χ4n) is 3.63. The molecule has 0 atom stereocenters. The molecule has 26 heavy (non-hydrogen) atoms. The molecule has 0 aromatic heterocycles. The van der Waals surface area contributed by atoms with E-state index in [1.807, 2.05) is 24.3 Å². The first-order valence-corrected chi connectivity index (χ1v) is 8.61. The summed E-state index contributed by atoms with van der Waals surface area (Å²) in [4.78, 5) is 40.1. The van der Waals surface area contributed by atoms with E-state index in [1.165, 1.54) is 12.1 Å². The molecule has 0 N–H and O–H groups in total. The number of halogens is 1. The van der Waals surface area contributed by atoms with Gasteiger partial charge in [-0.1, -0.05) is 24.3 Å². The number of hydrogen-bond donors (Lipinski definition) is 0. The van der Waals surface area contributed by atoms with Crippen LogP contribution >= 0.6 is 0 Å². The van der Waals surface area contributed by atoms with Crippen molar-refractivity contribution in [3.63, 3.8) is 0 Å². The largest absolute Gasteiger partial charge is 0.312 e. The highest BCUT2D eigenvalue weighted by molar-refractivity contribution is 6.21. The van der Waals surface area contributed by atoms with E-state index < -0.39 is 17.6 Å². The van der Waals surface area contributed by atoms with Gasteiger partial charge in [-0.2, -0.15) is 0 Å². The Bertz CT molecular complexity index is 925. The Hall–Kier alpha value is -3.02. The van der Waals surface area contributed by atoms with Gasteiger partial charge in [-0.15, -0.1) is 0 Å². The lowest BCUT2D eigenvalue weighted by molar-refractivity contribution is -0.118. The lowest BCUT2D eigenvalue weighted by atomic mass is 10.0. The number of para-hydroxylation sites is 1. The SMILES string of the molecule is O=C1c2cccc(F)c2C(=O)N1CCC(=O)N1CCCc2ccccc21. The van der Waals surface area contributed by atoms with Gasteiger partial charge in [0.25, 0.3) is 11.8 Å². The van der Waals surface area contributed by atoms with Crippen LogP contribution in [0.1, 0.15) is 39.1 Å². The zero-order valence-electron chi connectivity index (χ0n) is 14.1. The van der Waals surface area contributed by atoms with Crippen molar-refractivity contribution in [2.24, 2.45) is 0 Å². The average molecular weight is 352 g/mol. The summed E-state index contributed by atoms with van der Waals surface area (Å²) in [6, 6.07) is 11.7. The van der Waals surface area contributed by atoms with Gasteiger partial charge in [-0.25, -0.2) is 4.39 Å². The number of aryl methyl sites for hydroxylation is 1. The normalized spacial score (nSPS) is 15.9. The van der Waals surface area contributed by atoms with E-state index in [9.17, 15) is 18.8 Å². The third-order valence-electron chi connectivity index (χ3n) is 4.91. The van der Waals surface area contributed by atoms with E-state index in [0.29, 0.717) is 6.54 Å². The molecule has 132 valence electrons. The number of fused-ring (bicyclic) bond motifs is 2. The minimum Gasteiger partial charge on any atom is -0.312 e. The van der Waals surface area contributed by atoms with Crippen LogP contribution < -0.4 is 4.90 Å². The molecule has 3 amide bonds. The Morgan fingerprint density at radius 3 is 2.65 bits per heavy atom. The highest BCUT2D eigenvalue weighted by Gasteiger charge is 2.38. The smallest absolute Gasteiger partial charge is 0.264 e. The summed E-state index contributed by atoms with van der Waals surface area (Å²) >= 11 is 0. The van der Waals surface area contributed by atoms with Crippen LogP contribution in [0.15, 0.2) is 42.5 Å². The fourth-order valence-corrected chi connectivity index (χ4v) is 3.63. The molecule has 0 aliphatic carbocycles. The third-order valence-corrected chi connectivity index (χ3v) is 4.91. The lowest BCUT2D eigenvalue weighted by Crippen LogP contribution is -2.39. The first-order chi connectivity index (χ1) is 12.6. The number of imide groups is 1. The molecule has 4 rings (SSSR count). The van der Waals surface area contributed by atoms with Gasteiger partial charge in [0.2, 0.25) is 5.91 Å². The van der Waals surface area contributed by atoms with Gasteiger partial charge < -0.3 is 4.90 Å². The minimum absolute atomic E-state index is 0.0153. The van der Waals surface area contributed by atoms with Crippen molar-refractivity contribution in [3.05, 3.63) is 65.0 Å². The van der Waals surface area contributed by atoms with Crippen molar-refractivity contribution >= 4 is 23.4 Å². The van der Waals surface area contributed by atoms with Gasteiger partial charge in [0.05, 0.1) is 11.1 Å². The Kier molecular flexibility index (Phi) is 4.03. The Labute approximate surface area is 150 Å². The number of benzene rings is 2. The summed E-state index contributed by atoms with van der Waals surface area (Å²) in [5.74, 6) is -2.07. The fraction of sp³-hybridized carbons (Fsp3) is 0.250. The van der Waals surface area contributed by atoms with E-state index in [0.717, 1.165) is 35.1 Å². The number of anilines is 1.